The van der Waals surface area contributed by atoms with Crippen molar-refractivity contribution in [2.75, 3.05) is 13.1 Å². The number of aliphatic hydroxyl groups excluding tert-OH is 1. The van der Waals surface area contributed by atoms with Gasteiger partial charge in [-0.05, 0) is 38.7 Å². The van der Waals surface area contributed by atoms with Crippen molar-refractivity contribution in [3.63, 3.8) is 0 Å². The van der Waals surface area contributed by atoms with Gasteiger partial charge in [0.05, 0.1) is 11.7 Å². The number of furan rings is 1. The van der Waals surface area contributed by atoms with Crippen LogP contribution in [0.15, 0.2) is 10.5 Å². The number of likely N-dealkylation sites (tertiary alicyclic amines) is 1. The molecule has 4 heteroatoms. The van der Waals surface area contributed by atoms with E-state index in [-0.39, 0.29) is 17.9 Å². The van der Waals surface area contributed by atoms with Crippen molar-refractivity contribution >= 4 is 5.91 Å². The average Bonchev–Trinajstić information content (AvgIpc) is 2.93. The summed E-state index contributed by atoms with van der Waals surface area (Å²) in [6.07, 6.45) is 2.86. The highest BCUT2D eigenvalue weighted by atomic mass is 16.3. The lowest BCUT2D eigenvalue weighted by molar-refractivity contribution is 0.0539. The molecule has 1 aliphatic heterocycles. The highest BCUT2D eigenvalue weighted by molar-refractivity contribution is 5.95. The normalized spacial score (nSPS) is 30.5. The van der Waals surface area contributed by atoms with Crippen LogP contribution < -0.4 is 0 Å². The Morgan fingerprint density at radius 2 is 2.16 bits per heavy atom. The quantitative estimate of drug-likeness (QED) is 0.844. The Kier molecular flexibility index (Phi) is 3.13. The van der Waals surface area contributed by atoms with Crippen LogP contribution in [0.2, 0.25) is 0 Å². The van der Waals surface area contributed by atoms with Gasteiger partial charge in [-0.2, -0.15) is 0 Å². The summed E-state index contributed by atoms with van der Waals surface area (Å²) in [5.41, 5.74) is 0.672. The predicted molar refractivity (Wildman–Crippen MR) is 70.9 cm³/mol. The molecule has 1 aromatic rings. The molecule has 1 aromatic heterocycles. The van der Waals surface area contributed by atoms with Gasteiger partial charge in [0.2, 0.25) is 0 Å². The molecule has 2 aliphatic rings. The molecule has 4 nitrogen and oxygen atoms in total. The molecule has 19 heavy (non-hydrogen) atoms. The maximum absolute atomic E-state index is 12.5. The molecule has 0 aromatic carbocycles. The third-order valence-electron chi connectivity index (χ3n) is 4.62. The number of carbonyl (C=O) groups excluding carboxylic acids is 1. The largest absolute Gasteiger partial charge is 0.466 e. The van der Waals surface area contributed by atoms with E-state index in [2.05, 4.69) is 0 Å². The molecule has 2 fully saturated rings. The van der Waals surface area contributed by atoms with Crippen molar-refractivity contribution in [3.05, 3.63) is 23.2 Å². The van der Waals surface area contributed by atoms with Gasteiger partial charge in [0.25, 0.3) is 5.91 Å². The molecule has 0 unspecified atom stereocenters. The van der Waals surface area contributed by atoms with E-state index < -0.39 is 0 Å². The standard InChI is InChI=1S/C15H21NO3/c1-9-6-12(10(2)19-9)15(18)16-7-11-4-3-5-14(17)13(11)8-16/h6,11,13-14,17H,3-5,7-8H2,1-2H3/t11-,13+,14-/m1/s1. The summed E-state index contributed by atoms with van der Waals surface area (Å²) in [7, 11) is 0. The Morgan fingerprint density at radius 3 is 2.79 bits per heavy atom. The van der Waals surface area contributed by atoms with Crippen LogP contribution >= 0.6 is 0 Å². The zero-order chi connectivity index (χ0) is 13.6. The van der Waals surface area contributed by atoms with Gasteiger partial charge >= 0.3 is 0 Å². The fourth-order valence-corrected chi connectivity index (χ4v) is 3.62. The predicted octanol–water partition coefficient (Wildman–Crippen LogP) is 2.13. The van der Waals surface area contributed by atoms with Crippen LogP contribution in [0.4, 0.5) is 0 Å². The van der Waals surface area contributed by atoms with Gasteiger partial charge in [-0.15, -0.1) is 0 Å². The molecule has 104 valence electrons. The number of carbonyl (C=O) groups is 1. The van der Waals surface area contributed by atoms with Gasteiger partial charge in [-0.3, -0.25) is 4.79 Å². The van der Waals surface area contributed by atoms with Crippen molar-refractivity contribution in [1.29, 1.82) is 0 Å². The van der Waals surface area contributed by atoms with Crippen molar-refractivity contribution in [2.45, 2.75) is 39.2 Å². The molecule has 2 heterocycles. The second-order valence-corrected chi connectivity index (χ2v) is 5.96. The fraction of sp³-hybridized carbons (Fsp3) is 0.667. The monoisotopic (exact) mass is 263 g/mol. The van der Waals surface area contributed by atoms with Crippen LogP contribution in [0.5, 0.6) is 0 Å². The van der Waals surface area contributed by atoms with E-state index >= 15 is 0 Å². The van der Waals surface area contributed by atoms with Gasteiger partial charge in [0, 0.05) is 19.0 Å². The minimum Gasteiger partial charge on any atom is -0.466 e. The summed E-state index contributed by atoms with van der Waals surface area (Å²) in [5, 5.41) is 10.1. The molecule has 1 aliphatic carbocycles. The summed E-state index contributed by atoms with van der Waals surface area (Å²) in [6.45, 7) is 5.16. The van der Waals surface area contributed by atoms with Crippen LogP contribution in [0.1, 0.15) is 41.1 Å². The average molecular weight is 263 g/mol. The number of nitrogens with zero attached hydrogens (tertiary/aromatic N) is 1. The van der Waals surface area contributed by atoms with E-state index in [1.54, 1.807) is 0 Å². The van der Waals surface area contributed by atoms with E-state index in [1.165, 1.54) is 0 Å². The van der Waals surface area contributed by atoms with E-state index in [1.807, 2.05) is 24.8 Å². The molecule has 0 spiro atoms. The van der Waals surface area contributed by atoms with E-state index in [9.17, 15) is 9.90 Å². The van der Waals surface area contributed by atoms with E-state index in [0.717, 1.165) is 31.6 Å². The van der Waals surface area contributed by atoms with Gasteiger partial charge in [-0.1, -0.05) is 6.42 Å². The van der Waals surface area contributed by atoms with E-state index in [4.69, 9.17) is 4.42 Å². The topological polar surface area (TPSA) is 53.7 Å². The maximum Gasteiger partial charge on any atom is 0.257 e. The number of fused-ring (bicyclic) bond motifs is 1. The molecular formula is C15H21NO3. The SMILES string of the molecule is Cc1cc(C(=O)N2C[C@H]3CCC[C@@H](O)[C@H]3C2)c(C)o1. The molecule has 3 rings (SSSR count). The summed E-state index contributed by atoms with van der Waals surface area (Å²) in [6, 6.07) is 1.82. The first kappa shape index (κ1) is 12.7. The Balaban J connectivity index is 1.77. The van der Waals surface area contributed by atoms with Crippen molar-refractivity contribution < 1.29 is 14.3 Å². The first-order valence-corrected chi connectivity index (χ1v) is 7.10. The number of aliphatic hydroxyl groups is 1. The van der Waals surface area contributed by atoms with Gasteiger partial charge in [0.15, 0.2) is 0 Å². The zero-order valence-corrected chi connectivity index (χ0v) is 11.6. The minimum absolute atomic E-state index is 0.0518. The maximum atomic E-state index is 12.5. The molecule has 1 amide bonds. The van der Waals surface area contributed by atoms with Gasteiger partial charge in [0.1, 0.15) is 11.5 Å². The summed E-state index contributed by atoms with van der Waals surface area (Å²) < 4.78 is 5.44. The third kappa shape index (κ3) is 2.18. The lowest BCUT2D eigenvalue weighted by Gasteiger charge is -2.28. The molecular weight excluding hydrogens is 242 g/mol. The first-order chi connectivity index (χ1) is 9.06. The lowest BCUT2D eigenvalue weighted by atomic mass is 9.80. The van der Waals surface area contributed by atoms with Crippen LogP contribution in [-0.4, -0.2) is 35.1 Å². The summed E-state index contributed by atoms with van der Waals surface area (Å²) in [5.74, 6) is 2.26. The number of hydrogen-bond donors (Lipinski definition) is 1. The van der Waals surface area contributed by atoms with Gasteiger partial charge < -0.3 is 14.4 Å². The Hall–Kier alpha value is -1.29. The molecule has 0 bridgehead atoms. The first-order valence-electron chi connectivity index (χ1n) is 7.10. The number of amides is 1. The summed E-state index contributed by atoms with van der Waals surface area (Å²) >= 11 is 0. The molecule has 1 saturated carbocycles. The molecule has 1 N–H and O–H groups in total. The minimum atomic E-state index is -0.233. The Morgan fingerprint density at radius 1 is 1.37 bits per heavy atom. The second-order valence-electron chi connectivity index (χ2n) is 5.96. The number of hydrogen-bond acceptors (Lipinski definition) is 3. The van der Waals surface area contributed by atoms with Gasteiger partial charge in [-0.25, -0.2) is 0 Å². The smallest absolute Gasteiger partial charge is 0.257 e. The number of aryl methyl sites for hydroxylation is 2. The Labute approximate surface area is 113 Å². The van der Waals surface area contributed by atoms with Crippen LogP contribution in [0, 0.1) is 25.7 Å². The van der Waals surface area contributed by atoms with Crippen LogP contribution in [0.25, 0.3) is 0 Å². The van der Waals surface area contributed by atoms with Crippen molar-refractivity contribution in [2.24, 2.45) is 11.8 Å². The fourth-order valence-electron chi connectivity index (χ4n) is 3.62. The van der Waals surface area contributed by atoms with Crippen molar-refractivity contribution in [3.8, 4) is 0 Å². The highest BCUT2D eigenvalue weighted by Crippen LogP contribution is 2.37. The number of rotatable bonds is 1. The second kappa shape index (κ2) is 4.67. The molecule has 0 radical (unpaired) electrons. The van der Waals surface area contributed by atoms with Crippen molar-refractivity contribution in [1.82, 2.24) is 4.90 Å². The molecule has 3 atom stereocenters. The lowest BCUT2D eigenvalue weighted by Crippen LogP contribution is -2.32. The third-order valence-corrected chi connectivity index (χ3v) is 4.62. The zero-order valence-electron chi connectivity index (χ0n) is 11.6. The highest BCUT2D eigenvalue weighted by Gasteiger charge is 2.41. The van der Waals surface area contributed by atoms with E-state index in [0.29, 0.717) is 23.8 Å². The Bertz CT molecular complexity index is 494. The molecule has 1 saturated heterocycles. The van der Waals surface area contributed by atoms with Crippen LogP contribution in [-0.2, 0) is 0 Å². The summed E-state index contributed by atoms with van der Waals surface area (Å²) in [4.78, 5) is 14.4. The van der Waals surface area contributed by atoms with Crippen LogP contribution in [0.3, 0.4) is 0 Å².